The summed E-state index contributed by atoms with van der Waals surface area (Å²) in [6, 6.07) is 23.8. The highest BCUT2D eigenvalue weighted by Gasteiger charge is 2.51. The number of rotatable bonds is 14. The summed E-state index contributed by atoms with van der Waals surface area (Å²) >= 11 is 0. The Morgan fingerprint density at radius 3 is 2.49 bits per heavy atom. The molecule has 84 heavy (non-hydrogen) atoms. The molecule has 13 rings (SSSR count). The smallest absolute Gasteiger partial charge is 0.297 e. The Morgan fingerprint density at radius 2 is 1.71 bits per heavy atom. The van der Waals surface area contributed by atoms with Gasteiger partial charge < -0.3 is 43.8 Å². The number of anilines is 4. The number of pyridine rings is 1. The van der Waals surface area contributed by atoms with Crippen LogP contribution in [0.25, 0.3) is 11.0 Å². The summed E-state index contributed by atoms with van der Waals surface area (Å²) in [5, 5.41) is 16.7. The van der Waals surface area contributed by atoms with Gasteiger partial charge in [-0.2, -0.15) is 4.98 Å². The van der Waals surface area contributed by atoms with Crippen molar-refractivity contribution in [3.8, 4) is 17.4 Å². The molecule has 1 spiro atoms. The molecule has 19 nitrogen and oxygen atoms in total. The largest absolute Gasteiger partial charge is 0.491 e. The van der Waals surface area contributed by atoms with Crippen LogP contribution < -0.4 is 34.0 Å². The molecule has 4 aromatic carbocycles. The molecule has 3 N–H and O–H groups in total. The molecular formula is C62H71F2N9O10S. The van der Waals surface area contributed by atoms with Crippen LogP contribution in [0.5, 0.6) is 17.4 Å². The maximum absolute atomic E-state index is 14.9. The first-order valence-electron chi connectivity index (χ1n) is 29.6. The summed E-state index contributed by atoms with van der Waals surface area (Å²) in [4.78, 5) is 43.9. The summed E-state index contributed by atoms with van der Waals surface area (Å²) in [5.74, 6) is -1.26. The van der Waals surface area contributed by atoms with Crippen molar-refractivity contribution in [2.45, 2.75) is 119 Å². The third-order valence-electron chi connectivity index (χ3n) is 18.7. The van der Waals surface area contributed by atoms with E-state index in [0.717, 1.165) is 105 Å². The number of halogens is 2. The van der Waals surface area contributed by atoms with Gasteiger partial charge in [0.25, 0.3) is 21.6 Å². The molecule has 6 aliphatic heterocycles. The second kappa shape index (κ2) is 22.7. The van der Waals surface area contributed by atoms with Gasteiger partial charge in [-0.25, -0.2) is 21.9 Å². The standard InChI is InChI=1S/C62H71F2N9O10S/c1-4-49(39-9-12-46(63)47(64)27-39)70-22-23-71(54(34-70)44-7-5-6-8-55(44)82-37(2)3)42-32-62(33-42)17-20-69(21-18-62)41-10-11-45(51(29-41)72-50-16-26-80-36-57(50)83-61-53(72)28-40-13-19-65-59(40)67-61)60(74)68-84(77,78)43-30-52(73(75)76)58-56(31-43)81-35-48(66-58)38-14-24-79-25-15-38/h5-13,19,27-31,37-38,42,48-50,54,57,66H,4,14-18,20-26,32-36H2,1-3H3,(H,65,67)(H,68,74)/t48-,49-,50-,54-,57-/m0/s1. The molecule has 0 radical (unpaired) electrons. The average Bonchev–Trinajstić information content (AvgIpc) is 1.40. The Kier molecular flexibility index (Phi) is 15.2. The monoisotopic (exact) mass is 1170 g/mol. The van der Waals surface area contributed by atoms with Crippen molar-refractivity contribution >= 4 is 55.4 Å². The van der Waals surface area contributed by atoms with Crippen LogP contribution in [0.3, 0.4) is 0 Å². The number of piperazine rings is 1. The van der Waals surface area contributed by atoms with Crippen LogP contribution in [0.1, 0.15) is 106 Å². The maximum atomic E-state index is 14.9. The summed E-state index contributed by atoms with van der Waals surface area (Å²) < 4.78 is 90.6. The van der Waals surface area contributed by atoms with E-state index in [4.69, 9.17) is 28.7 Å². The molecule has 1 amide bonds. The van der Waals surface area contributed by atoms with Gasteiger partial charge >= 0.3 is 0 Å². The summed E-state index contributed by atoms with van der Waals surface area (Å²) in [6.07, 6.45) is 7.99. The van der Waals surface area contributed by atoms with Crippen molar-refractivity contribution in [3.63, 3.8) is 0 Å². The van der Waals surface area contributed by atoms with Gasteiger partial charge in [-0.05, 0) is 131 Å². The molecule has 22 heteroatoms. The minimum absolute atomic E-state index is 0.00183. The lowest BCUT2D eigenvalue weighted by atomic mass is 9.59. The molecule has 6 aromatic rings. The van der Waals surface area contributed by atoms with E-state index in [1.54, 1.807) is 18.3 Å². The number of sulfonamides is 1. The van der Waals surface area contributed by atoms with Gasteiger partial charge in [0.2, 0.25) is 5.88 Å². The quantitative estimate of drug-likeness (QED) is 0.0685. The van der Waals surface area contributed by atoms with Crippen LogP contribution in [0, 0.1) is 33.1 Å². The lowest BCUT2D eigenvalue weighted by Crippen LogP contribution is -2.60. The SMILES string of the molecule is CC[C@@H](c1ccc(F)c(F)c1)N1CCN(C2CC3(CCN(c4ccc(C(=O)NS(=O)(=O)c5cc6c(c([N+](=O)[O-])c5)N[C@H](C5CCOCC5)CO6)c(N5c6cc7cc[nH]c7nc6O[C@H]6COCC[C@@H]65)c4)CC3)C2)[C@H](c2ccccc2OC(C)C)C1. The number of H-pyrrole nitrogens is 1. The number of para-hydroxylation sites is 1. The minimum Gasteiger partial charge on any atom is -0.491 e. The highest BCUT2D eigenvalue weighted by atomic mass is 32.2. The molecule has 4 saturated heterocycles. The van der Waals surface area contributed by atoms with Crippen LogP contribution in [-0.4, -0.2) is 135 Å². The van der Waals surface area contributed by atoms with Crippen molar-refractivity contribution in [2.75, 3.05) is 80.9 Å². The maximum Gasteiger partial charge on any atom is 0.297 e. The molecule has 444 valence electrons. The number of fused-ring (bicyclic) bond motifs is 4. The lowest BCUT2D eigenvalue weighted by molar-refractivity contribution is -0.384. The van der Waals surface area contributed by atoms with E-state index < -0.39 is 49.2 Å². The number of nitrogens with one attached hydrogen (secondary N) is 3. The van der Waals surface area contributed by atoms with Crippen LogP contribution in [-0.2, 0) is 19.5 Å². The molecule has 2 aromatic heterocycles. The third-order valence-corrected chi connectivity index (χ3v) is 20.0. The Bertz CT molecular complexity index is 3590. The molecule has 5 atom stereocenters. The molecule has 1 saturated carbocycles. The minimum atomic E-state index is -4.74. The highest BCUT2D eigenvalue weighted by molar-refractivity contribution is 7.90. The average molecular weight is 1170 g/mol. The number of nitrogens with zero attached hydrogens (tertiary/aromatic N) is 6. The van der Waals surface area contributed by atoms with Crippen molar-refractivity contribution in [1.82, 2.24) is 24.5 Å². The molecule has 7 aliphatic rings. The zero-order valence-electron chi connectivity index (χ0n) is 47.4. The van der Waals surface area contributed by atoms with Crippen LogP contribution in [0.2, 0.25) is 0 Å². The normalized spacial score (nSPS) is 23.4. The van der Waals surface area contributed by atoms with Gasteiger partial charge in [0, 0.05) is 99.6 Å². The lowest BCUT2D eigenvalue weighted by Gasteiger charge is -2.58. The number of aromatic amines is 1. The van der Waals surface area contributed by atoms with Gasteiger partial charge in [-0.3, -0.25) is 24.7 Å². The predicted octanol–water partition coefficient (Wildman–Crippen LogP) is 10.2. The summed E-state index contributed by atoms with van der Waals surface area (Å²) in [6.45, 7) is 11.9. The number of piperidine rings is 1. The molecule has 5 fully saturated rings. The van der Waals surface area contributed by atoms with E-state index >= 15 is 0 Å². The van der Waals surface area contributed by atoms with Crippen molar-refractivity contribution in [2.24, 2.45) is 11.3 Å². The number of ether oxygens (including phenoxy) is 5. The third kappa shape index (κ3) is 10.7. The van der Waals surface area contributed by atoms with E-state index in [1.165, 1.54) is 18.2 Å². The molecule has 0 bridgehead atoms. The van der Waals surface area contributed by atoms with Crippen LogP contribution in [0.4, 0.5) is 37.2 Å². The molecular weight excluding hydrogens is 1100 g/mol. The van der Waals surface area contributed by atoms with Crippen molar-refractivity contribution in [1.29, 1.82) is 0 Å². The first-order valence-corrected chi connectivity index (χ1v) is 31.1. The summed E-state index contributed by atoms with van der Waals surface area (Å²) in [7, 11) is -4.74. The van der Waals surface area contributed by atoms with Crippen molar-refractivity contribution < 1.29 is 50.6 Å². The zero-order chi connectivity index (χ0) is 58.0. The summed E-state index contributed by atoms with van der Waals surface area (Å²) in [5.41, 5.74) is 4.22. The van der Waals surface area contributed by atoms with E-state index in [2.05, 4.69) is 53.7 Å². The Labute approximate surface area is 487 Å². The van der Waals surface area contributed by atoms with Gasteiger partial charge in [0.1, 0.15) is 29.8 Å². The molecule has 8 heterocycles. The number of carbonyl (C=O) groups is 1. The number of aromatic nitrogens is 2. The first kappa shape index (κ1) is 56.0. The fraction of sp³-hybridized carbons (Fsp3) is 0.484. The number of carbonyl (C=O) groups excluding carboxylic acids is 1. The second-order valence-electron chi connectivity index (χ2n) is 24.0. The second-order valence-corrected chi connectivity index (χ2v) is 25.7. The Hall–Kier alpha value is -7.11. The molecule has 0 unspecified atom stereocenters. The van der Waals surface area contributed by atoms with E-state index in [9.17, 15) is 32.1 Å². The Balaban J connectivity index is 0.777. The van der Waals surface area contributed by atoms with Crippen LogP contribution >= 0.6 is 0 Å². The predicted molar refractivity (Wildman–Crippen MR) is 312 cm³/mol. The molecule has 1 aliphatic carbocycles. The van der Waals surface area contributed by atoms with E-state index in [1.807, 2.05) is 50.2 Å². The topological polar surface area (TPSA) is 206 Å². The van der Waals surface area contributed by atoms with E-state index in [0.29, 0.717) is 61.7 Å². The number of nitro groups is 1. The van der Waals surface area contributed by atoms with Gasteiger partial charge in [-0.1, -0.05) is 31.2 Å². The van der Waals surface area contributed by atoms with Crippen LogP contribution in [0.15, 0.2) is 96.0 Å². The number of hydrogen-bond donors (Lipinski definition) is 3. The number of nitro benzene ring substituents is 1. The fourth-order valence-corrected chi connectivity index (χ4v) is 15.4. The van der Waals surface area contributed by atoms with Gasteiger partial charge in [-0.15, -0.1) is 0 Å². The number of benzene rings is 4. The highest BCUT2D eigenvalue weighted by Crippen LogP contribution is 2.55. The van der Waals surface area contributed by atoms with E-state index in [-0.39, 0.29) is 71.8 Å². The Morgan fingerprint density at radius 1 is 0.917 bits per heavy atom. The van der Waals surface area contributed by atoms with Crippen molar-refractivity contribution in [3.05, 3.63) is 130 Å². The van der Waals surface area contributed by atoms with Gasteiger partial charge in [0.15, 0.2) is 23.1 Å². The number of amides is 1. The first-order chi connectivity index (χ1) is 40.6. The number of hydrogen-bond acceptors (Lipinski definition) is 16. The fourth-order valence-electron chi connectivity index (χ4n) is 14.4. The van der Waals surface area contributed by atoms with Gasteiger partial charge in [0.05, 0.1) is 51.9 Å². The zero-order valence-corrected chi connectivity index (χ0v) is 48.3.